The number of nitrogens with zero attached hydrogens (tertiary/aromatic N) is 3. The molecule has 4 heteroatoms. The molecular weight excluding hydrogens is 262 g/mol. The molecule has 2 aromatic rings. The molecule has 4 nitrogen and oxygen atoms in total. The number of benzene rings is 1. The largest absolute Gasteiger partial charge is 0.350 e. The molecule has 0 amide bonds. The molecule has 21 heavy (non-hydrogen) atoms. The van der Waals surface area contributed by atoms with Gasteiger partial charge in [-0.15, -0.1) is 0 Å². The smallest absolute Gasteiger partial charge is 0.239 e. The van der Waals surface area contributed by atoms with E-state index in [0.717, 1.165) is 30.7 Å². The molecule has 0 bridgehead atoms. The molecule has 1 saturated carbocycles. The number of aliphatic imine (C=N–C) groups is 2. The Labute approximate surface area is 122 Å². The lowest BCUT2D eigenvalue weighted by atomic mass is 9.82. The lowest BCUT2D eigenvalue weighted by Gasteiger charge is -2.22. The maximum absolute atomic E-state index is 10.7. The van der Waals surface area contributed by atoms with E-state index in [9.17, 15) is 4.79 Å². The third-order valence-corrected chi connectivity index (χ3v) is 4.44. The minimum absolute atomic E-state index is 0.207. The van der Waals surface area contributed by atoms with Crippen LogP contribution in [0, 0.1) is 0 Å². The highest BCUT2D eigenvalue weighted by molar-refractivity contribution is 6.45. The molecule has 104 valence electrons. The molecule has 1 atom stereocenters. The SMILES string of the molecule is Cn1cc([C@@H]2CCC3=NC(=C=O)N=C3C2)c2ccccc21. The van der Waals surface area contributed by atoms with Crippen LogP contribution >= 0.6 is 0 Å². The Kier molecular flexibility index (Phi) is 2.66. The number of fused-ring (bicyclic) bond motifs is 2. The van der Waals surface area contributed by atoms with Gasteiger partial charge in [-0.1, -0.05) is 18.2 Å². The fraction of sp³-hybridized carbons (Fsp3) is 0.294. The molecule has 0 saturated heterocycles. The summed E-state index contributed by atoms with van der Waals surface area (Å²) in [6, 6.07) is 8.48. The van der Waals surface area contributed by atoms with Crippen LogP contribution in [0.25, 0.3) is 10.9 Å². The normalized spacial score (nSPS) is 21.0. The topological polar surface area (TPSA) is 46.7 Å². The summed E-state index contributed by atoms with van der Waals surface area (Å²) >= 11 is 0. The standard InChI is InChI=1S/C17H15N3O/c1-20-9-13(12-4-2-3-5-16(12)20)11-6-7-14-15(8-11)19-17(10-21)18-14/h2-5,9,11H,6-8H2,1H3/t11-/m1/s1. The number of hydrogen-bond acceptors (Lipinski definition) is 3. The molecule has 2 heterocycles. The minimum Gasteiger partial charge on any atom is -0.350 e. The van der Waals surface area contributed by atoms with Gasteiger partial charge in [0, 0.05) is 24.1 Å². The predicted octanol–water partition coefficient (Wildman–Crippen LogP) is 3.01. The van der Waals surface area contributed by atoms with Crippen molar-refractivity contribution >= 4 is 28.3 Å². The van der Waals surface area contributed by atoms with E-state index >= 15 is 0 Å². The van der Waals surface area contributed by atoms with Crippen LogP contribution in [0.5, 0.6) is 0 Å². The van der Waals surface area contributed by atoms with Crippen molar-refractivity contribution < 1.29 is 4.79 Å². The van der Waals surface area contributed by atoms with E-state index in [1.54, 1.807) is 5.94 Å². The van der Waals surface area contributed by atoms with E-state index in [4.69, 9.17) is 0 Å². The summed E-state index contributed by atoms with van der Waals surface area (Å²) in [6.07, 6.45) is 5.03. The summed E-state index contributed by atoms with van der Waals surface area (Å²) < 4.78 is 2.18. The Hall–Kier alpha value is -2.45. The zero-order valence-corrected chi connectivity index (χ0v) is 11.8. The van der Waals surface area contributed by atoms with Crippen molar-refractivity contribution in [2.45, 2.75) is 25.2 Å². The monoisotopic (exact) mass is 277 g/mol. The highest BCUT2D eigenvalue weighted by Crippen LogP contribution is 2.37. The molecular formula is C17H15N3O. The van der Waals surface area contributed by atoms with Crippen molar-refractivity contribution in [2.75, 3.05) is 0 Å². The van der Waals surface area contributed by atoms with E-state index in [1.165, 1.54) is 16.5 Å². The molecule has 1 aromatic heterocycles. The molecule has 2 aliphatic rings. The third-order valence-electron chi connectivity index (χ3n) is 4.44. The molecule has 1 aliphatic carbocycles. The summed E-state index contributed by atoms with van der Waals surface area (Å²) in [4.78, 5) is 19.2. The molecule has 1 aliphatic heterocycles. The zero-order chi connectivity index (χ0) is 14.4. The zero-order valence-electron chi connectivity index (χ0n) is 11.8. The average molecular weight is 277 g/mol. The van der Waals surface area contributed by atoms with Crippen LogP contribution < -0.4 is 0 Å². The molecule has 1 fully saturated rings. The quantitative estimate of drug-likeness (QED) is 0.739. The molecule has 0 N–H and O–H groups in total. The fourth-order valence-electron chi connectivity index (χ4n) is 3.43. The fourth-order valence-corrected chi connectivity index (χ4v) is 3.43. The van der Waals surface area contributed by atoms with Gasteiger partial charge in [0.1, 0.15) is 0 Å². The Morgan fingerprint density at radius 1 is 1.24 bits per heavy atom. The van der Waals surface area contributed by atoms with Crippen LogP contribution in [0.15, 0.2) is 46.3 Å². The summed E-state index contributed by atoms with van der Waals surface area (Å²) in [5.41, 5.74) is 4.58. The van der Waals surface area contributed by atoms with Crippen molar-refractivity contribution in [2.24, 2.45) is 17.0 Å². The van der Waals surface area contributed by atoms with E-state index in [1.807, 2.05) is 0 Å². The number of carbonyl (C=O) groups excluding carboxylic acids is 1. The van der Waals surface area contributed by atoms with Gasteiger partial charge in [0.25, 0.3) is 0 Å². The van der Waals surface area contributed by atoms with Crippen molar-refractivity contribution in [1.82, 2.24) is 4.57 Å². The van der Waals surface area contributed by atoms with Crippen LogP contribution in [0.1, 0.15) is 30.7 Å². The second-order valence-corrected chi connectivity index (χ2v) is 5.69. The van der Waals surface area contributed by atoms with Gasteiger partial charge in [-0.05, 0) is 36.8 Å². The van der Waals surface area contributed by atoms with E-state index in [0.29, 0.717) is 5.92 Å². The average Bonchev–Trinajstić information content (AvgIpc) is 3.08. The highest BCUT2D eigenvalue weighted by atomic mass is 16.1. The first-order chi connectivity index (χ1) is 10.3. The summed E-state index contributed by atoms with van der Waals surface area (Å²) in [7, 11) is 2.09. The van der Waals surface area contributed by atoms with Gasteiger partial charge in [-0.2, -0.15) is 0 Å². The van der Waals surface area contributed by atoms with Crippen LogP contribution in [0.2, 0.25) is 0 Å². The summed E-state index contributed by atoms with van der Waals surface area (Å²) in [5.74, 6) is 2.45. The Morgan fingerprint density at radius 2 is 2.05 bits per heavy atom. The van der Waals surface area contributed by atoms with Crippen molar-refractivity contribution in [3.8, 4) is 0 Å². The minimum atomic E-state index is 0.207. The van der Waals surface area contributed by atoms with Crippen molar-refractivity contribution in [3.63, 3.8) is 0 Å². The first-order valence-corrected chi connectivity index (χ1v) is 7.21. The second kappa shape index (κ2) is 4.54. The molecule has 0 spiro atoms. The van der Waals surface area contributed by atoms with Crippen LogP contribution in [0.3, 0.4) is 0 Å². The number of hydrogen-bond donors (Lipinski definition) is 0. The summed E-state index contributed by atoms with van der Waals surface area (Å²) in [5, 5.41) is 1.31. The first kappa shape index (κ1) is 12.3. The number of para-hydroxylation sites is 1. The lowest BCUT2D eigenvalue weighted by molar-refractivity contribution is 0.566. The van der Waals surface area contributed by atoms with Crippen LogP contribution in [-0.4, -0.2) is 21.9 Å². The molecule has 1 aromatic carbocycles. The van der Waals surface area contributed by atoms with Crippen molar-refractivity contribution in [3.05, 3.63) is 41.8 Å². The number of rotatable bonds is 1. The van der Waals surface area contributed by atoms with E-state index in [-0.39, 0.29) is 5.82 Å². The molecule has 0 unspecified atom stereocenters. The van der Waals surface area contributed by atoms with Gasteiger partial charge in [0.15, 0.2) is 5.94 Å². The Morgan fingerprint density at radius 3 is 2.90 bits per heavy atom. The van der Waals surface area contributed by atoms with Crippen molar-refractivity contribution in [1.29, 1.82) is 0 Å². The van der Waals surface area contributed by atoms with E-state index < -0.39 is 0 Å². The first-order valence-electron chi connectivity index (χ1n) is 7.21. The Balaban J connectivity index is 1.75. The van der Waals surface area contributed by atoms with Gasteiger partial charge >= 0.3 is 0 Å². The maximum atomic E-state index is 10.7. The van der Waals surface area contributed by atoms with Crippen LogP contribution in [0.4, 0.5) is 0 Å². The predicted molar refractivity (Wildman–Crippen MR) is 83.6 cm³/mol. The number of aromatic nitrogens is 1. The van der Waals surface area contributed by atoms with Gasteiger partial charge in [-0.3, -0.25) is 0 Å². The Bertz CT molecular complexity index is 850. The summed E-state index contributed by atoms with van der Waals surface area (Å²) in [6.45, 7) is 0. The number of aryl methyl sites for hydroxylation is 1. The second-order valence-electron chi connectivity index (χ2n) is 5.69. The lowest BCUT2D eigenvalue weighted by Crippen LogP contribution is -2.21. The van der Waals surface area contributed by atoms with Gasteiger partial charge in [-0.25, -0.2) is 14.8 Å². The van der Waals surface area contributed by atoms with Gasteiger partial charge in [0.05, 0.1) is 11.4 Å². The van der Waals surface area contributed by atoms with Crippen LogP contribution in [-0.2, 0) is 11.8 Å². The van der Waals surface area contributed by atoms with E-state index in [2.05, 4.69) is 52.1 Å². The third kappa shape index (κ3) is 1.88. The van der Waals surface area contributed by atoms with Gasteiger partial charge < -0.3 is 4.57 Å². The molecule has 0 radical (unpaired) electrons. The maximum Gasteiger partial charge on any atom is 0.239 e. The van der Waals surface area contributed by atoms with Gasteiger partial charge in [0.2, 0.25) is 5.82 Å². The highest BCUT2D eigenvalue weighted by Gasteiger charge is 2.29. The molecule has 4 rings (SSSR count).